The van der Waals surface area contributed by atoms with Crippen LogP contribution in [0.1, 0.15) is 36.0 Å². The highest BCUT2D eigenvalue weighted by Crippen LogP contribution is 2.26. The van der Waals surface area contributed by atoms with Crippen molar-refractivity contribution in [2.75, 3.05) is 38.6 Å². The Morgan fingerprint density at radius 2 is 2.10 bits per heavy atom. The number of aromatic nitrogens is 1. The summed E-state index contributed by atoms with van der Waals surface area (Å²) in [6, 6.07) is 3.64. The minimum Gasteiger partial charge on any atom is -0.357 e. The first-order valence-electron chi connectivity index (χ1n) is 7.61. The van der Waals surface area contributed by atoms with Gasteiger partial charge in [0.2, 0.25) is 0 Å². The lowest BCUT2D eigenvalue weighted by Crippen LogP contribution is -2.34. The minimum absolute atomic E-state index is 0.301. The summed E-state index contributed by atoms with van der Waals surface area (Å²) in [5.41, 5.74) is 0.457. The lowest BCUT2D eigenvalue weighted by atomic mass is 9.92. The van der Waals surface area contributed by atoms with Crippen LogP contribution >= 0.6 is 11.6 Å². The molecule has 1 fully saturated rings. The van der Waals surface area contributed by atoms with Gasteiger partial charge < -0.3 is 9.80 Å². The Balaban J connectivity index is 1.83. The first-order chi connectivity index (χ1) is 10.1. The number of aldehydes is 1. The van der Waals surface area contributed by atoms with Crippen molar-refractivity contribution in [3.8, 4) is 0 Å². The van der Waals surface area contributed by atoms with Gasteiger partial charge >= 0.3 is 0 Å². The molecule has 0 aromatic carbocycles. The van der Waals surface area contributed by atoms with E-state index in [0.29, 0.717) is 10.7 Å². The van der Waals surface area contributed by atoms with Crippen LogP contribution < -0.4 is 4.90 Å². The van der Waals surface area contributed by atoms with Gasteiger partial charge in [-0.1, -0.05) is 11.6 Å². The maximum absolute atomic E-state index is 10.8. The van der Waals surface area contributed by atoms with Crippen molar-refractivity contribution in [2.45, 2.75) is 25.7 Å². The quantitative estimate of drug-likeness (QED) is 0.597. The molecule has 116 valence electrons. The molecule has 0 amide bonds. The third kappa shape index (κ3) is 4.68. The summed E-state index contributed by atoms with van der Waals surface area (Å²) in [4.78, 5) is 19.6. The van der Waals surface area contributed by atoms with Gasteiger partial charge in [-0.2, -0.15) is 0 Å². The maximum atomic E-state index is 10.8. The topological polar surface area (TPSA) is 36.4 Å². The number of anilines is 1. The van der Waals surface area contributed by atoms with Crippen molar-refractivity contribution in [3.63, 3.8) is 0 Å². The van der Waals surface area contributed by atoms with Crippen LogP contribution in [-0.4, -0.2) is 49.9 Å². The number of carbonyl (C=O) groups excluding carboxylic acids is 1. The van der Waals surface area contributed by atoms with Crippen LogP contribution in [0.2, 0.25) is 5.15 Å². The Morgan fingerprint density at radius 1 is 1.38 bits per heavy atom. The molecule has 0 radical (unpaired) electrons. The Kier molecular flexibility index (Phi) is 6.00. The lowest BCUT2D eigenvalue weighted by Gasteiger charge is -2.33. The van der Waals surface area contributed by atoms with E-state index in [1.807, 2.05) is 6.07 Å². The summed E-state index contributed by atoms with van der Waals surface area (Å²) < 4.78 is 0. The van der Waals surface area contributed by atoms with Gasteiger partial charge in [-0.15, -0.1) is 0 Å². The molecule has 1 aliphatic heterocycles. The molecule has 5 heteroatoms. The zero-order valence-corrected chi connectivity index (χ0v) is 13.6. The van der Waals surface area contributed by atoms with Crippen molar-refractivity contribution < 1.29 is 4.79 Å². The highest BCUT2D eigenvalue weighted by atomic mass is 35.5. The first-order valence-corrected chi connectivity index (χ1v) is 7.99. The fourth-order valence-corrected chi connectivity index (χ4v) is 3.04. The number of hydrogen-bond donors (Lipinski definition) is 0. The van der Waals surface area contributed by atoms with E-state index in [1.54, 1.807) is 6.07 Å². The van der Waals surface area contributed by atoms with E-state index in [-0.39, 0.29) is 0 Å². The van der Waals surface area contributed by atoms with Crippen LogP contribution in [0.4, 0.5) is 5.82 Å². The van der Waals surface area contributed by atoms with Gasteiger partial charge in [-0.3, -0.25) is 4.79 Å². The summed E-state index contributed by atoms with van der Waals surface area (Å²) in [6.45, 7) is 3.22. The van der Waals surface area contributed by atoms with E-state index in [9.17, 15) is 4.79 Å². The molecule has 1 aliphatic rings. The van der Waals surface area contributed by atoms with Crippen molar-refractivity contribution in [1.82, 2.24) is 9.88 Å². The minimum atomic E-state index is 0.301. The molecular weight excluding hydrogens is 286 g/mol. The number of rotatable bonds is 6. The SMILES string of the molecule is CN(C)CCCC1CCN(c2ccc(C=O)c(Cl)n2)CC1. The smallest absolute Gasteiger partial charge is 0.153 e. The fraction of sp³-hybridized carbons (Fsp3) is 0.625. The number of halogens is 1. The molecule has 1 saturated heterocycles. The molecule has 0 bridgehead atoms. The molecule has 0 aliphatic carbocycles. The number of nitrogens with zero attached hydrogens (tertiary/aromatic N) is 3. The van der Waals surface area contributed by atoms with Gasteiger partial charge in [0.15, 0.2) is 6.29 Å². The summed E-state index contributed by atoms with van der Waals surface area (Å²) in [5.74, 6) is 1.71. The number of hydrogen-bond acceptors (Lipinski definition) is 4. The van der Waals surface area contributed by atoms with Crippen LogP contribution in [0.5, 0.6) is 0 Å². The highest BCUT2D eigenvalue weighted by molar-refractivity contribution is 6.31. The van der Waals surface area contributed by atoms with E-state index in [2.05, 4.69) is 28.9 Å². The molecule has 0 atom stereocenters. The molecule has 1 aromatic rings. The number of carbonyl (C=O) groups is 1. The molecule has 0 N–H and O–H groups in total. The van der Waals surface area contributed by atoms with E-state index in [1.165, 1.54) is 32.2 Å². The van der Waals surface area contributed by atoms with Gasteiger partial charge in [0.05, 0.1) is 5.56 Å². The monoisotopic (exact) mass is 309 g/mol. The number of piperidine rings is 1. The fourth-order valence-electron chi connectivity index (χ4n) is 2.85. The average Bonchev–Trinajstić information content (AvgIpc) is 2.47. The molecule has 0 saturated carbocycles. The van der Waals surface area contributed by atoms with Crippen molar-refractivity contribution in [2.24, 2.45) is 5.92 Å². The van der Waals surface area contributed by atoms with Crippen molar-refractivity contribution >= 4 is 23.7 Å². The third-order valence-electron chi connectivity index (χ3n) is 4.15. The summed E-state index contributed by atoms with van der Waals surface area (Å²) in [6.07, 6.45) is 5.75. The van der Waals surface area contributed by atoms with Gasteiger partial charge in [0, 0.05) is 13.1 Å². The largest absolute Gasteiger partial charge is 0.357 e. The molecule has 21 heavy (non-hydrogen) atoms. The molecule has 0 unspecified atom stereocenters. The zero-order valence-electron chi connectivity index (χ0n) is 12.9. The third-order valence-corrected chi connectivity index (χ3v) is 4.45. The Hall–Kier alpha value is -1.13. The maximum Gasteiger partial charge on any atom is 0.153 e. The van der Waals surface area contributed by atoms with Crippen LogP contribution in [0.3, 0.4) is 0 Å². The molecule has 0 spiro atoms. The summed E-state index contributed by atoms with van der Waals surface area (Å²) in [5, 5.41) is 0.301. The molecule has 2 heterocycles. The molecular formula is C16H24ClN3O. The highest BCUT2D eigenvalue weighted by Gasteiger charge is 2.20. The summed E-state index contributed by atoms with van der Waals surface area (Å²) >= 11 is 6.00. The second kappa shape index (κ2) is 7.76. The second-order valence-corrected chi connectivity index (χ2v) is 6.40. The Morgan fingerprint density at radius 3 is 2.67 bits per heavy atom. The lowest BCUT2D eigenvalue weighted by molar-refractivity contribution is 0.112. The Bertz CT molecular complexity index is 471. The van der Waals surface area contributed by atoms with Crippen molar-refractivity contribution in [3.05, 3.63) is 22.8 Å². The first kappa shape index (κ1) is 16.2. The van der Waals surface area contributed by atoms with Gasteiger partial charge in [-0.05, 0) is 64.4 Å². The summed E-state index contributed by atoms with van der Waals surface area (Å²) in [7, 11) is 4.25. The van der Waals surface area contributed by atoms with E-state index < -0.39 is 0 Å². The second-order valence-electron chi connectivity index (χ2n) is 6.04. The van der Waals surface area contributed by atoms with Crippen LogP contribution in [-0.2, 0) is 0 Å². The normalized spacial score (nSPS) is 16.5. The van der Waals surface area contributed by atoms with Crippen molar-refractivity contribution in [1.29, 1.82) is 0 Å². The molecule has 4 nitrogen and oxygen atoms in total. The van der Waals surface area contributed by atoms with E-state index in [4.69, 9.17) is 11.6 Å². The average molecular weight is 310 g/mol. The standard InChI is InChI=1S/C16H24ClN3O/c1-19(2)9-3-4-13-7-10-20(11-8-13)15-6-5-14(12-21)16(17)18-15/h5-6,12-13H,3-4,7-11H2,1-2H3. The molecule has 2 rings (SSSR count). The van der Waals surface area contributed by atoms with Crippen LogP contribution in [0.15, 0.2) is 12.1 Å². The number of pyridine rings is 1. The predicted octanol–water partition coefficient (Wildman–Crippen LogP) is 3.11. The Labute approximate surface area is 132 Å². The van der Waals surface area contributed by atoms with E-state index in [0.717, 1.165) is 31.1 Å². The predicted molar refractivity (Wildman–Crippen MR) is 87.4 cm³/mol. The van der Waals surface area contributed by atoms with Gasteiger partial charge in [0.1, 0.15) is 11.0 Å². The van der Waals surface area contributed by atoms with Gasteiger partial charge in [-0.25, -0.2) is 4.98 Å². The van der Waals surface area contributed by atoms with E-state index >= 15 is 0 Å². The zero-order chi connectivity index (χ0) is 15.2. The van der Waals surface area contributed by atoms with Crippen LogP contribution in [0.25, 0.3) is 0 Å². The molecule has 1 aromatic heterocycles. The van der Waals surface area contributed by atoms with Crippen LogP contribution in [0, 0.1) is 5.92 Å². The van der Waals surface area contributed by atoms with Gasteiger partial charge in [0.25, 0.3) is 0 Å².